The van der Waals surface area contributed by atoms with Gasteiger partial charge in [0, 0.05) is 31.5 Å². The van der Waals surface area contributed by atoms with E-state index in [0.717, 1.165) is 13.1 Å². The Morgan fingerprint density at radius 1 is 1.57 bits per heavy atom. The van der Waals surface area contributed by atoms with Gasteiger partial charge in [-0.25, -0.2) is 4.98 Å². The van der Waals surface area contributed by atoms with E-state index in [1.54, 1.807) is 12.5 Å². The summed E-state index contributed by atoms with van der Waals surface area (Å²) in [7, 11) is 0. The number of imidazole rings is 1. The quantitative estimate of drug-likeness (QED) is 0.757. The molecule has 0 saturated carbocycles. The van der Waals surface area contributed by atoms with E-state index in [0.29, 0.717) is 6.04 Å². The highest BCUT2D eigenvalue weighted by Crippen LogP contribution is 1.94. The largest absolute Gasteiger partial charge is 0.336 e. The second-order valence-corrected chi connectivity index (χ2v) is 3.60. The molecule has 1 heterocycles. The Balaban J connectivity index is 2.23. The van der Waals surface area contributed by atoms with E-state index in [2.05, 4.69) is 23.3 Å². The summed E-state index contributed by atoms with van der Waals surface area (Å²) in [6.45, 7) is 5.64. The summed E-state index contributed by atoms with van der Waals surface area (Å²) in [5.74, 6) is 0.0697. The number of nitrogens with zero attached hydrogens (tertiary/aromatic N) is 3. The van der Waals surface area contributed by atoms with Crippen LogP contribution >= 0.6 is 0 Å². The molecule has 2 atom stereocenters. The van der Waals surface area contributed by atoms with E-state index in [-0.39, 0.29) is 5.92 Å². The Morgan fingerprint density at radius 2 is 2.36 bits per heavy atom. The summed E-state index contributed by atoms with van der Waals surface area (Å²) < 4.78 is 2.02. The Morgan fingerprint density at radius 3 is 2.93 bits per heavy atom. The van der Waals surface area contributed by atoms with Crippen LogP contribution in [0.5, 0.6) is 0 Å². The van der Waals surface area contributed by atoms with Gasteiger partial charge in [0.25, 0.3) is 0 Å². The molecule has 0 bridgehead atoms. The molecule has 0 aliphatic heterocycles. The highest BCUT2D eigenvalue weighted by Gasteiger charge is 2.04. The van der Waals surface area contributed by atoms with Gasteiger partial charge in [0.2, 0.25) is 0 Å². The highest BCUT2D eigenvalue weighted by molar-refractivity contribution is 4.82. The zero-order valence-corrected chi connectivity index (χ0v) is 8.64. The smallest absolute Gasteiger partial charge is 0.0946 e. The third-order valence-corrected chi connectivity index (χ3v) is 2.04. The summed E-state index contributed by atoms with van der Waals surface area (Å²) in [6, 6.07) is 2.56. The minimum atomic E-state index is 0.0697. The van der Waals surface area contributed by atoms with Crippen LogP contribution in [0.2, 0.25) is 0 Å². The van der Waals surface area contributed by atoms with Crippen LogP contribution in [0.3, 0.4) is 0 Å². The second-order valence-electron chi connectivity index (χ2n) is 3.60. The van der Waals surface area contributed by atoms with Crippen LogP contribution in [0, 0.1) is 17.2 Å². The molecule has 0 aliphatic carbocycles. The number of rotatable bonds is 5. The zero-order valence-electron chi connectivity index (χ0n) is 8.64. The summed E-state index contributed by atoms with van der Waals surface area (Å²) >= 11 is 0. The Labute approximate surface area is 84.6 Å². The molecule has 14 heavy (non-hydrogen) atoms. The lowest BCUT2D eigenvalue weighted by Crippen LogP contribution is -2.33. The molecule has 2 unspecified atom stereocenters. The van der Waals surface area contributed by atoms with Gasteiger partial charge < -0.3 is 9.88 Å². The molecular weight excluding hydrogens is 176 g/mol. The van der Waals surface area contributed by atoms with Crippen molar-refractivity contribution in [1.29, 1.82) is 5.26 Å². The normalized spacial score (nSPS) is 14.6. The average molecular weight is 192 g/mol. The number of nitrogens with one attached hydrogen (secondary N) is 1. The van der Waals surface area contributed by atoms with Crippen LogP contribution in [0.1, 0.15) is 13.8 Å². The number of nitriles is 1. The fourth-order valence-electron chi connectivity index (χ4n) is 1.20. The van der Waals surface area contributed by atoms with Gasteiger partial charge in [0.15, 0.2) is 0 Å². The predicted octanol–water partition coefficient (Wildman–Crippen LogP) is 1.02. The maximum absolute atomic E-state index is 8.60. The van der Waals surface area contributed by atoms with Crippen LogP contribution < -0.4 is 5.32 Å². The SMILES string of the molecule is CC(C#N)CNC(C)Cn1ccnc1. The van der Waals surface area contributed by atoms with Crippen molar-refractivity contribution in [3.05, 3.63) is 18.7 Å². The first-order valence-corrected chi connectivity index (χ1v) is 4.81. The predicted molar refractivity (Wildman–Crippen MR) is 54.5 cm³/mol. The monoisotopic (exact) mass is 192 g/mol. The summed E-state index contributed by atoms with van der Waals surface area (Å²) in [6.07, 6.45) is 5.50. The van der Waals surface area contributed by atoms with E-state index >= 15 is 0 Å². The number of aromatic nitrogens is 2. The van der Waals surface area contributed by atoms with Crippen molar-refractivity contribution in [2.75, 3.05) is 6.54 Å². The van der Waals surface area contributed by atoms with Gasteiger partial charge in [0.1, 0.15) is 0 Å². The first-order chi connectivity index (χ1) is 6.72. The van der Waals surface area contributed by atoms with Crippen molar-refractivity contribution in [3.8, 4) is 6.07 Å². The molecule has 0 saturated heterocycles. The highest BCUT2D eigenvalue weighted by atomic mass is 15.1. The minimum absolute atomic E-state index is 0.0697. The molecule has 0 amide bonds. The van der Waals surface area contributed by atoms with Gasteiger partial charge in [-0.1, -0.05) is 0 Å². The molecule has 0 aromatic carbocycles. The van der Waals surface area contributed by atoms with Gasteiger partial charge >= 0.3 is 0 Å². The molecule has 4 nitrogen and oxygen atoms in total. The second kappa shape index (κ2) is 5.40. The van der Waals surface area contributed by atoms with Crippen molar-refractivity contribution in [2.45, 2.75) is 26.4 Å². The molecular formula is C10H16N4. The van der Waals surface area contributed by atoms with Crippen LogP contribution in [0.15, 0.2) is 18.7 Å². The molecule has 1 aromatic rings. The first kappa shape index (κ1) is 10.7. The van der Waals surface area contributed by atoms with Crippen LogP contribution in [-0.4, -0.2) is 22.1 Å². The molecule has 1 rings (SSSR count). The Bertz CT molecular complexity index is 286. The van der Waals surface area contributed by atoms with E-state index in [1.807, 2.05) is 17.7 Å². The van der Waals surface area contributed by atoms with E-state index < -0.39 is 0 Å². The molecule has 76 valence electrons. The lowest BCUT2D eigenvalue weighted by Gasteiger charge is -2.14. The summed E-state index contributed by atoms with van der Waals surface area (Å²) in [5.41, 5.74) is 0. The van der Waals surface area contributed by atoms with Gasteiger partial charge in [-0.05, 0) is 13.8 Å². The number of hydrogen-bond acceptors (Lipinski definition) is 3. The maximum Gasteiger partial charge on any atom is 0.0946 e. The van der Waals surface area contributed by atoms with Gasteiger partial charge in [0.05, 0.1) is 18.3 Å². The van der Waals surface area contributed by atoms with Crippen molar-refractivity contribution in [2.24, 2.45) is 5.92 Å². The third-order valence-electron chi connectivity index (χ3n) is 2.04. The summed E-state index contributed by atoms with van der Waals surface area (Å²) in [5, 5.41) is 11.9. The minimum Gasteiger partial charge on any atom is -0.336 e. The lowest BCUT2D eigenvalue weighted by molar-refractivity contribution is 0.456. The maximum atomic E-state index is 8.60. The first-order valence-electron chi connectivity index (χ1n) is 4.81. The van der Waals surface area contributed by atoms with E-state index in [9.17, 15) is 0 Å². The fraction of sp³-hybridized carbons (Fsp3) is 0.600. The molecule has 0 aliphatic rings. The third kappa shape index (κ3) is 3.58. The van der Waals surface area contributed by atoms with E-state index in [4.69, 9.17) is 5.26 Å². The van der Waals surface area contributed by atoms with Gasteiger partial charge in [-0.3, -0.25) is 0 Å². The van der Waals surface area contributed by atoms with Crippen molar-refractivity contribution in [3.63, 3.8) is 0 Å². The van der Waals surface area contributed by atoms with Crippen molar-refractivity contribution in [1.82, 2.24) is 14.9 Å². The Kier molecular flexibility index (Phi) is 4.14. The molecule has 1 aromatic heterocycles. The average Bonchev–Trinajstić information content (AvgIpc) is 2.66. The Hall–Kier alpha value is -1.34. The fourth-order valence-corrected chi connectivity index (χ4v) is 1.20. The summed E-state index contributed by atoms with van der Waals surface area (Å²) in [4.78, 5) is 3.97. The van der Waals surface area contributed by atoms with Crippen LogP contribution in [-0.2, 0) is 6.54 Å². The molecule has 1 N–H and O–H groups in total. The lowest BCUT2D eigenvalue weighted by atomic mass is 10.2. The van der Waals surface area contributed by atoms with Gasteiger partial charge in [-0.2, -0.15) is 5.26 Å². The van der Waals surface area contributed by atoms with Crippen LogP contribution in [0.25, 0.3) is 0 Å². The van der Waals surface area contributed by atoms with Crippen molar-refractivity contribution >= 4 is 0 Å². The van der Waals surface area contributed by atoms with Crippen LogP contribution in [0.4, 0.5) is 0 Å². The van der Waals surface area contributed by atoms with E-state index in [1.165, 1.54) is 0 Å². The van der Waals surface area contributed by atoms with Gasteiger partial charge in [-0.15, -0.1) is 0 Å². The molecule has 0 fully saturated rings. The number of hydrogen-bond donors (Lipinski definition) is 1. The zero-order chi connectivity index (χ0) is 10.4. The van der Waals surface area contributed by atoms with Crippen molar-refractivity contribution < 1.29 is 0 Å². The molecule has 4 heteroatoms. The topological polar surface area (TPSA) is 53.6 Å². The molecule has 0 spiro atoms. The standard InChI is InChI=1S/C10H16N4/c1-9(5-11)6-13-10(2)7-14-4-3-12-8-14/h3-4,8-10,13H,6-7H2,1-2H3. The molecule has 0 radical (unpaired) electrons.